The minimum Gasteiger partial charge on any atom is -0.338 e. The van der Waals surface area contributed by atoms with E-state index in [1.54, 1.807) is 35.1 Å². The number of benzene rings is 1. The number of hydrogen-bond donors (Lipinski definition) is 1. The molecule has 0 spiro atoms. The highest BCUT2D eigenvalue weighted by atomic mass is 32.2. The standard InChI is InChI=1S/C20H21N7O2S/c1-14-8-13-27(24-14)20-22-18(15-9-12-25(2)19(15)23-20)21-16-6-3-4-7-17(16)30(28,29)26-10-5-11-26/h3-4,6-9,12-13H,5,10-11H2,1-2H3,(H,21,22,23). The maximum absolute atomic E-state index is 13.0. The number of aryl methyl sites for hydroxylation is 2. The fraction of sp³-hybridized carbons (Fsp3) is 0.250. The largest absolute Gasteiger partial charge is 0.338 e. The minimum absolute atomic E-state index is 0.240. The Balaban J connectivity index is 1.63. The SMILES string of the molecule is Cc1ccn(-c2nc(Nc3ccccc3S(=O)(=O)N3CCC3)c3ccn(C)c3n2)n1. The van der Waals surface area contributed by atoms with Crippen LogP contribution in [0, 0.1) is 6.92 Å². The Morgan fingerprint density at radius 3 is 2.53 bits per heavy atom. The lowest BCUT2D eigenvalue weighted by Crippen LogP contribution is -2.42. The first-order valence-corrected chi connectivity index (χ1v) is 11.1. The van der Waals surface area contributed by atoms with Crippen LogP contribution in [0.3, 0.4) is 0 Å². The van der Waals surface area contributed by atoms with Crippen LogP contribution < -0.4 is 5.32 Å². The molecule has 3 aromatic heterocycles. The van der Waals surface area contributed by atoms with Crippen LogP contribution in [0.2, 0.25) is 0 Å². The maximum atomic E-state index is 13.0. The van der Waals surface area contributed by atoms with E-state index in [-0.39, 0.29) is 4.90 Å². The molecule has 0 saturated carbocycles. The van der Waals surface area contributed by atoms with Crippen molar-refractivity contribution in [3.63, 3.8) is 0 Å². The van der Waals surface area contributed by atoms with Crippen molar-refractivity contribution in [1.82, 2.24) is 28.6 Å². The molecule has 9 nitrogen and oxygen atoms in total. The van der Waals surface area contributed by atoms with Crippen molar-refractivity contribution in [3.8, 4) is 5.95 Å². The number of hydrogen-bond acceptors (Lipinski definition) is 6. The fourth-order valence-electron chi connectivity index (χ4n) is 3.44. The molecule has 1 aliphatic heterocycles. The van der Waals surface area contributed by atoms with Gasteiger partial charge in [0.2, 0.25) is 10.0 Å². The first-order chi connectivity index (χ1) is 14.4. The van der Waals surface area contributed by atoms with Gasteiger partial charge >= 0.3 is 0 Å². The van der Waals surface area contributed by atoms with Gasteiger partial charge in [-0.3, -0.25) is 0 Å². The average molecular weight is 424 g/mol. The molecule has 4 heterocycles. The average Bonchev–Trinajstić information content (AvgIpc) is 3.26. The molecule has 0 amide bonds. The summed E-state index contributed by atoms with van der Waals surface area (Å²) < 4.78 is 31.0. The molecular weight excluding hydrogens is 402 g/mol. The molecule has 0 unspecified atom stereocenters. The zero-order chi connectivity index (χ0) is 20.9. The van der Waals surface area contributed by atoms with E-state index >= 15 is 0 Å². The lowest BCUT2D eigenvalue weighted by molar-refractivity contribution is 0.309. The van der Waals surface area contributed by atoms with E-state index in [1.165, 1.54) is 4.31 Å². The first-order valence-electron chi connectivity index (χ1n) is 9.65. The highest BCUT2D eigenvalue weighted by Gasteiger charge is 2.31. The van der Waals surface area contributed by atoms with Crippen LogP contribution in [0.15, 0.2) is 53.7 Å². The van der Waals surface area contributed by atoms with Crippen LogP contribution in [0.25, 0.3) is 17.0 Å². The third kappa shape index (κ3) is 3.04. The minimum atomic E-state index is -3.56. The molecule has 0 aliphatic carbocycles. The highest BCUT2D eigenvalue weighted by molar-refractivity contribution is 7.89. The maximum Gasteiger partial charge on any atom is 0.254 e. The molecule has 10 heteroatoms. The molecular formula is C20H21N7O2S. The molecule has 4 aromatic rings. The predicted octanol–water partition coefficient (Wildman–Crippen LogP) is 2.60. The van der Waals surface area contributed by atoms with E-state index in [2.05, 4.69) is 20.4 Å². The summed E-state index contributed by atoms with van der Waals surface area (Å²) in [7, 11) is -1.65. The molecule has 1 N–H and O–H groups in total. The van der Waals surface area contributed by atoms with Crippen LogP contribution >= 0.6 is 0 Å². The summed E-state index contributed by atoms with van der Waals surface area (Å²) in [5.41, 5.74) is 2.06. The third-order valence-corrected chi connectivity index (χ3v) is 7.17. The van der Waals surface area contributed by atoms with Crippen LogP contribution in [0.4, 0.5) is 11.5 Å². The van der Waals surface area contributed by atoms with Gasteiger partial charge in [-0.15, -0.1) is 0 Å². The van der Waals surface area contributed by atoms with Crippen molar-refractivity contribution >= 4 is 32.6 Å². The summed E-state index contributed by atoms with van der Waals surface area (Å²) in [5.74, 6) is 0.929. The molecule has 0 atom stereocenters. The second kappa shape index (κ2) is 6.92. The summed E-state index contributed by atoms with van der Waals surface area (Å²) in [5, 5.41) is 8.44. The number of nitrogens with zero attached hydrogens (tertiary/aromatic N) is 6. The summed E-state index contributed by atoms with van der Waals surface area (Å²) >= 11 is 0. The van der Waals surface area contributed by atoms with Crippen molar-refractivity contribution in [1.29, 1.82) is 0 Å². The highest BCUT2D eigenvalue weighted by Crippen LogP contribution is 2.31. The summed E-state index contributed by atoms with van der Waals surface area (Å²) in [6.45, 7) is 3.00. The quantitative estimate of drug-likeness (QED) is 0.530. The van der Waals surface area contributed by atoms with E-state index in [4.69, 9.17) is 0 Å². The number of fused-ring (bicyclic) bond motifs is 1. The Bertz CT molecular complexity index is 1350. The van der Waals surface area contributed by atoms with Crippen LogP contribution in [0.5, 0.6) is 0 Å². The van der Waals surface area contributed by atoms with Crippen LogP contribution in [-0.4, -0.2) is 50.1 Å². The second-order valence-electron chi connectivity index (χ2n) is 7.32. The number of para-hydroxylation sites is 1. The molecule has 1 saturated heterocycles. The number of nitrogens with one attached hydrogen (secondary N) is 1. The Kier molecular flexibility index (Phi) is 4.33. The molecule has 1 aliphatic rings. The topological polar surface area (TPSA) is 97.9 Å². The van der Waals surface area contributed by atoms with Gasteiger partial charge in [0.15, 0.2) is 0 Å². The van der Waals surface area contributed by atoms with E-state index in [1.807, 2.05) is 36.9 Å². The normalized spacial score (nSPS) is 14.7. The van der Waals surface area contributed by atoms with Crippen LogP contribution in [-0.2, 0) is 17.1 Å². The Morgan fingerprint density at radius 1 is 1.03 bits per heavy atom. The predicted molar refractivity (Wildman–Crippen MR) is 113 cm³/mol. The third-order valence-electron chi connectivity index (χ3n) is 5.21. The summed E-state index contributed by atoms with van der Waals surface area (Å²) in [6.07, 6.45) is 4.58. The summed E-state index contributed by atoms with van der Waals surface area (Å²) in [4.78, 5) is 9.52. The van der Waals surface area contributed by atoms with Gasteiger partial charge in [-0.05, 0) is 37.6 Å². The number of aromatic nitrogens is 5. The Hall–Kier alpha value is -3.24. The van der Waals surface area contributed by atoms with E-state index < -0.39 is 10.0 Å². The van der Waals surface area contributed by atoms with Gasteiger partial charge in [-0.1, -0.05) is 12.1 Å². The molecule has 1 fully saturated rings. The Morgan fingerprint density at radius 2 is 1.83 bits per heavy atom. The van der Waals surface area contributed by atoms with Gasteiger partial charge < -0.3 is 9.88 Å². The van der Waals surface area contributed by atoms with Crippen LogP contribution in [0.1, 0.15) is 12.1 Å². The van der Waals surface area contributed by atoms with Crippen molar-refractivity contribution in [2.75, 3.05) is 18.4 Å². The number of rotatable bonds is 5. The zero-order valence-corrected chi connectivity index (χ0v) is 17.5. The van der Waals surface area contributed by atoms with Gasteiger partial charge in [0, 0.05) is 32.5 Å². The molecule has 5 rings (SSSR count). The van der Waals surface area contributed by atoms with Gasteiger partial charge in [-0.2, -0.15) is 19.4 Å². The lowest BCUT2D eigenvalue weighted by atomic mass is 10.3. The smallest absolute Gasteiger partial charge is 0.254 e. The molecule has 30 heavy (non-hydrogen) atoms. The Labute approximate surface area is 174 Å². The number of anilines is 2. The van der Waals surface area contributed by atoms with Crippen molar-refractivity contribution in [2.45, 2.75) is 18.2 Å². The van der Waals surface area contributed by atoms with Crippen molar-refractivity contribution in [2.24, 2.45) is 7.05 Å². The van der Waals surface area contributed by atoms with E-state index in [9.17, 15) is 8.42 Å². The van der Waals surface area contributed by atoms with Crippen molar-refractivity contribution in [3.05, 3.63) is 54.5 Å². The molecule has 154 valence electrons. The van der Waals surface area contributed by atoms with Crippen molar-refractivity contribution < 1.29 is 8.42 Å². The first kappa shape index (κ1) is 18.8. The second-order valence-corrected chi connectivity index (χ2v) is 9.22. The zero-order valence-electron chi connectivity index (χ0n) is 16.6. The molecule has 0 bridgehead atoms. The van der Waals surface area contributed by atoms with Gasteiger partial charge in [0.1, 0.15) is 16.4 Å². The lowest BCUT2D eigenvalue weighted by Gasteiger charge is -2.30. The molecule has 0 radical (unpaired) electrons. The van der Waals surface area contributed by atoms with Gasteiger partial charge in [0.05, 0.1) is 16.8 Å². The fourth-order valence-corrected chi connectivity index (χ4v) is 5.10. The van der Waals surface area contributed by atoms with E-state index in [0.29, 0.717) is 30.5 Å². The summed E-state index contributed by atoms with van der Waals surface area (Å²) in [6, 6.07) is 10.7. The number of sulfonamides is 1. The molecule has 1 aromatic carbocycles. The van der Waals surface area contributed by atoms with Gasteiger partial charge in [-0.25, -0.2) is 13.1 Å². The van der Waals surface area contributed by atoms with E-state index in [0.717, 1.165) is 23.1 Å². The monoisotopic (exact) mass is 423 g/mol. The van der Waals surface area contributed by atoms with Gasteiger partial charge in [0.25, 0.3) is 5.95 Å².